The Bertz CT molecular complexity index is 1980. The largest absolute Gasteiger partial charge is 0.493 e. The Balaban J connectivity index is 1.91. The summed E-state index contributed by atoms with van der Waals surface area (Å²) < 4.78 is 44.1. The van der Waals surface area contributed by atoms with Gasteiger partial charge in [-0.2, -0.15) is 0 Å². The zero-order valence-electron chi connectivity index (χ0n) is 39.5. The average Bonchev–Trinajstić information content (AvgIpc) is 3.31. The van der Waals surface area contributed by atoms with Gasteiger partial charge in [-0.3, -0.25) is 9.59 Å². The van der Waals surface area contributed by atoms with E-state index in [0.29, 0.717) is 31.1 Å². The number of rotatable bonds is 29. The van der Waals surface area contributed by atoms with Crippen LogP contribution in [0, 0.1) is 17.3 Å². The van der Waals surface area contributed by atoms with Crippen LogP contribution in [0.15, 0.2) is 91.1 Å². The fraction of sp³-hybridized carbons (Fsp3) is 0.500. The van der Waals surface area contributed by atoms with Gasteiger partial charge in [-0.1, -0.05) is 90.0 Å². The molecule has 0 spiro atoms. The van der Waals surface area contributed by atoms with Crippen molar-refractivity contribution in [1.29, 1.82) is 0 Å². The Labute approximate surface area is 389 Å². The molecule has 0 bridgehead atoms. The molecule has 1 aliphatic rings. The molecule has 2 aromatic rings. The minimum Gasteiger partial charge on any atom is -0.493 e. The molecule has 0 amide bonds. The summed E-state index contributed by atoms with van der Waals surface area (Å²) in [4.78, 5) is 74.8. The smallest absolute Gasteiger partial charge is 0.333 e. The van der Waals surface area contributed by atoms with Crippen LogP contribution in [0.3, 0.4) is 0 Å². The Hall–Kier alpha value is -6.18. The maximum atomic E-state index is 13.0. The molecule has 0 saturated heterocycles. The van der Waals surface area contributed by atoms with Crippen molar-refractivity contribution >= 4 is 35.8 Å². The third-order valence-electron chi connectivity index (χ3n) is 11.2. The van der Waals surface area contributed by atoms with Crippen LogP contribution in [0.5, 0.6) is 11.5 Å². The maximum Gasteiger partial charge on any atom is 0.333 e. The van der Waals surface area contributed by atoms with Crippen molar-refractivity contribution in [2.24, 2.45) is 17.3 Å². The van der Waals surface area contributed by atoms with Gasteiger partial charge in [-0.05, 0) is 92.3 Å². The maximum absolute atomic E-state index is 13.0. The quantitative estimate of drug-likeness (QED) is 0.0327. The number of aryl methyl sites for hydroxylation is 1. The van der Waals surface area contributed by atoms with Gasteiger partial charge in [-0.25, -0.2) is 19.2 Å². The van der Waals surface area contributed by atoms with Gasteiger partial charge >= 0.3 is 35.8 Å². The first-order valence-corrected chi connectivity index (χ1v) is 22.5. The van der Waals surface area contributed by atoms with Gasteiger partial charge in [0.05, 0.1) is 40.3 Å². The van der Waals surface area contributed by atoms with Gasteiger partial charge in [0.25, 0.3) is 0 Å². The molecule has 0 N–H and O–H groups in total. The number of carbonyl (C=O) groups is 6. The van der Waals surface area contributed by atoms with Crippen LogP contribution in [0.4, 0.5) is 0 Å². The van der Waals surface area contributed by atoms with E-state index in [2.05, 4.69) is 42.7 Å². The Morgan fingerprint density at radius 3 is 1.68 bits per heavy atom. The average molecular weight is 917 g/mol. The SMILES string of the molecule is C=C(C)C(=O)OCCCc1cc(-c2ccc(OCC3CCC(CCCCC)CC3)cc2)ccc1OCC(COC(=O)CC(=C)C(=O)OC)(COC(=O)CC(=C)C(=O)OC)COC(=O)C(=C)C. The number of benzene rings is 2. The predicted octanol–water partition coefficient (Wildman–Crippen LogP) is 8.98. The molecule has 0 aromatic heterocycles. The van der Waals surface area contributed by atoms with Crippen LogP contribution in [0.2, 0.25) is 0 Å². The van der Waals surface area contributed by atoms with Crippen LogP contribution in [-0.2, 0) is 63.6 Å². The summed E-state index contributed by atoms with van der Waals surface area (Å²) in [6.07, 6.45) is 9.88. The van der Waals surface area contributed by atoms with Crippen molar-refractivity contribution in [3.63, 3.8) is 0 Å². The lowest BCUT2D eigenvalue weighted by Crippen LogP contribution is -2.44. The van der Waals surface area contributed by atoms with Gasteiger partial charge in [0.15, 0.2) is 0 Å². The number of methoxy groups -OCH3 is 2. The van der Waals surface area contributed by atoms with Gasteiger partial charge in [0.1, 0.15) is 43.3 Å². The molecule has 14 heteroatoms. The van der Waals surface area contributed by atoms with Gasteiger partial charge in [0.2, 0.25) is 0 Å². The van der Waals surface area contributed by atoms with E-state index >= 15 is 0 Å². The lowest BCUT2D eigenvalue weighted by Gasteiger charge is -2.32. The van der Waals surface area contributed by atoms with E-state index in [4.69, 9.17) is 28.4 Å². The summed E-state index contributed by atoms with van der Waals surface area (Å²) in [6.45, 7) is 18.5. The van der Waals surface area contributed by atoms with Crippen molar-refractivity contribution in [2.75, 3.05) is 53.9 Å². The van der Waals surface area contributed by atoms with Crippen LogP contribution < -0.4 is 9.47 Å². The molecule has 66 heavy (non-hydrogen) atoms. The molecule has 0 atom stereocenters. The number of esters is 6. The summed E-state index contributed by atoms with van der Waals surface area (Å²) in [5.74, 6) is -2.11. The second kappa shape index (κ2) is 28.0. The zero-order valence-corrected chi connectivity index (χ0v) is 39.5. The van der Waals surface area contributed by atoms with Crippen molar-refractivity contribution in [2.45, 2.75) is 97.8 Å². The zero-order chi connectivity index (χ0) is 48.6. The second-order valence-corrected chi connectivity index (χ2v) is 17.1. The first kappa shape index (κ1) is 54.2. The first-order chi connectivity index (χ1) is 31.5. The van der Waals surface area contributed by atoms with Crippen molar-refractivity contribution in [1.82, 2.24) is 0 Å². The normalized spacial score (nSPS) is 14.4. The predicted molar refractivity (Wildman–Crippen MR) is 248 cm³/mol. The Morgan fingerprint density at radius 1 is 0.606 bits per heavy atom. The molecule has 1 aliphatic carbocycles. The highest BCUT2D eigenvalue weighted by Gasteiger charge is 2.38. The van der Waals surface area contributed by atoms with E-state index in [1.54, 1.807) is 13.0 Å². The highest BCUT2D eigenvalue weighted by atomic mass is 16.6. The number of hydrogen-bond donors (Lipinski definition) is 0. The lowest BCUT2D eigenvalue weighted by molar-refractivity contribution is -0.163. The summed E-state index contributed by atoms with van der Waals surface area (Å²) >= 11 is 0. The van der Waals surface area contributed by atoms with E-state index in [1.807, 2.05) is 36.4 Å². The third kappa shape index (κ3) is 18.7. The number of hydrogen-bond acceptors (Lipinski definition) is 14. The molecule has 0 heterocycles. The summed E-state index contributed by atoms with van der Waals surface area (Å²) in [5.41, 5.74) is 0.941. The molecule has 14 nitrogen and oxygen atoms in total. The highest BCUT2D eigenvalue weighted by Crippen LogP contribution is 2.34. The molecule has 0 aliphatic heterocycles. The van der Waals surface area contributed by atoms with Crippen LogP contribution in [-0.4, -0.2) is 89.7 Å². The van der Waals surface area contributed by atoms with E-state index in [1.165, 1.54) is 58.3 Å². The fourth-order valence-electron chi connectivity index (χ4n) is 7.15. The van der Waals surface area contributed by atoms with E-state index in [-0.39, 0.29) is 35.5 Å². The molecule has 3 rings (SSSR count). The third-order valence-corrected chi connectivity index (χ3v) is 11.2. The molecule has 0 unspecified atom stereocenters. The number of unbranched alkanes of at least 4 members (excludes halogenated alkanes) is 2. The van der Waals surface area contributed by atoms with E-state index < -0.39 is 73.9 Å². The van der Waals surface area contributed by atoms with Gasteiger partial charge in [-0.15, -0.1) is 0 Å². The number of carbonyl (C=O) groups excluding carboxylic acids is 6. The van der Waals surface area contributed by atoms with Crippen LogP contribution in [0.25, 0.3) is 11.1 Å². The molecule has 1 saturated carbocycles. The van der Waals surface area contributed by atoms with Crippen LogP contribution >= 0.6 is 0 Å². The monoisotopic (exact) mass is 916 g/mol. The highest BCUT2D eigenvalue weighted by molar-refractivity contribution is 5.94. The Morgan fingerprint density at radius 2 is 1.14 bits per heavy atom. The summed E-state index contributed by atoms with van der Waals surface area (Å²) in [6, 6.07) is 13.5. The minimum absolute atomic E-state index is 0.0720. The second-order valence-electron chi connectivity index (χ2n) is 17.1. The fourth-order valence-corrected chi connectivity index (χ4v) is 7.15. The molecular weight excluding hydrogens is 849 g/mol. The molecule has 0 radical (unpaired) electrons. The van der Waals surface area contributed by atoms with Crippen molar-refractivity contribution < 1.29 is 66.7 Å². The topological polar surface area (TPSA) is 176 Å². The molecular formula is C52H68O14. The summed E-state index contributed by atoms with van der Waals surface area (Å²) in [7, 11) is 2.28. The standard InChI is InChI=1S/C52H68O14/c1-10-11-12-14-39-16-18-40(19-17-39)30-62-44-23-20-41(21-24-44)42-22-25-45(43(29-42)15-13-26-61-48(55)35(2)3)63-31-52(34-66-49(56)36(4)5,32-64-46(53)27-37(6)50(57)59-8)33-65-47(54)28-38(7)51(58)60-9/h20-25,29,39-40H,2,4,6-7,10-19,26-28,30-34H2,1,3,5,8-9H3. The molecule has 1 fully saturated rings. The summed E-state index contributed by atoms with van der Waals surface area (Å²) in [5, 5.41) is 0. The number of ether oxygens (including phenoxy) is 8. The van der Waals surface area contributed by atoms with Gasteiger partial charge < -0.3 is 37.9 Å². The minimum atomic E-state index is -1.56. The Kier molecular flexibility index (Phi) is 23.0. The molecule has 2 aromatic carbocycles. The molecule has 360 valence electrons. The van der Waals surface area contributed by atoms with E-state index in [0.717, 1.165) is 42.6 Å². The lowest BCUT2D eigenvalue weighted by atomic mass is 9.80. The van der Waals surface area contributed by atoms with Gasteiger partial charge in [0, 0.05) is 22.3 Å². The van der Waals surface area contributed by atoms with Crippen molar-refractivity contribution in [3.05, 3.63) is 96.6 Å². The van der Waals surface area contributed by atoms with Crippen molar-refractivity contribution in [3.8, 4) is 22.6 Å². The van der Waals surface area contributed by atoms with E-state index in [9.17, 15) is 28.8 Å². The van der Waals surface area contributed by atoms with Crippen LogP contribution in [0.1, 0.15) is 97.0 Å². The first-order valence-electron chi connectivity index (χ1n) is 22.5.